The first-order chi connectivity index (χ1) is 16.4. The van der Waals surface area contributed by atoms with Gasteiger partial charge in [-0.05, 0) is 66.7 Å². The molecule has 0 bridgehead atoms. The molecule has 0 aliphatic rings. The van der Waals surface area contributed by atoms with E-state index in [1.165, 1.54) is 19.2 Å². The van der Waals surface area contributed by atoms with Crippen molar-refractivity contribution in [2.45, 2.75) is 10.1 Å². The Bertz CT molecular complexity index is 1550. The summed E-state index contributed by atoms with van der Waals surface area (Å²) < 4.78 is 37.2. The molecule has 0 unspecified atom stereocenters. The van der Waals surface area contributed by atoms with Crippen LogP contribution in [0.3, 0.4) is 0 Å². The maximum Gasteiger partial charge on any atom is 0.237 e. The number of phenols is 1. The van der Waals surface area contributed by atoms with Gasteiger partial charge in [0, 0.05) is 10.9 Å². The van der Waals surface area contributed by atoms with Gasteiger partial charge in [-0.3, -0.25) is 0 Å². The predicted molar refractivity (Wildman–Crippen MR) is 130 cm³/mol. The van der Waals surface area contributed by atoms with Crippen molar-refractivity contribution in [3.8, 4) is 34.2 Å². The Morgan fingerprint density at radius 3 is 2.29 bits per heavy atom. The third-order valence-electron chi connectivity index (χ3n) is 5.08. The number of furan rings is 1. The second-order valence-corrected chi connectivity index (χ2v) is 11.1. The lowest BCUT2D eigenvalue weighted by atomic mass is 10.1. The molecule has 5 aromatic rings. The van der Waals surface area contributed by atoms with Crippen LogP contribution in [0.4, 0.5) is 0 Å². The molecule has 0 saturated heterocycles. The van der Waals surface area contributed by atoms with Crippen LogP contribution in [0.5, 0.6) is 11.5 Å². The predicted octanol–water partition coefficient (Wildman–Crippen LogP) is 5.75. The van der Waals surface area contributed by atoms with Crippen LogP contribution < -0.4 is 4.74 Å². The van der Waals surface area contributed by atoms with E-state index in [0.29, 0.717) is 44.8 Å². The summed E-state index contributed by atoms with van der Waals surface area (Å²) in [6.07, 6.45) is 0. The number of methoxy groups -OCH3 is 1. The van der Waals surface area contributed by atoms with Crippen molar-refractivity contribution in [2.24, 2.45) is 0 Å². The molecule has 0 saturated carbocycles. The van der Waals surface area contributed by atoms with E-state index in [1.807, 2.05) is 30.3 Å². The van der Waals surface area contributed by atoms with Crippen LogP contribution >= 0.6 is 10.8 Å². The van der Waals surface area contributed by atoms with Crippen LogP contribution in [-0.2, 0) is 8.87 Å². The number of benzene rings is 3. The van der Waals surface area contributed by atoms with E-state index in [0.717, 1.165) is 5.39 Å². The van der Waals surface area contributed by atoms with Gasteiger partial charge in [-0.15, -0.1) is 0 Å². The van der Waals surface area contributed by atoms with Gasteiger partial charge in [0.2, 0.25) is 14.0 Å². The Balaban J connectivity index is 1.59. The van der Waals surface area contributed by atoms with E-state index < -0.39 is 8.87 Å². The molecule has 34 heavy (non-hydrogen) atoms. The van der Waals surface area contributed by atoms with Crippen LogP contribution in [0.15, 0.2) is 99.4 Å². The average molecular weight is 491 g/mol. The molecule has 7 nitrogen and oxygen atoms in total. The zero-order chi connectivity index (χ0) is 23.7. The van der Waals surface area contributed by atoms with E-state index in [-0.39, 0.29) is 15.8 Å². The van der Waals surface area contributed by atoms with Gasteiger partial charge in [0.25, 0.3) is 0 Å². The van der Waals surface area contributed by atoms with Crippen LogP contribution in [0.2, 0.25) is 0 Å². The molecule has 5 rings (SSSR count). The van der Waals surface area contributed by atoms with Crippen LogP contribution in [0.25, 0.3) is 33.7 Å². The van der Waals surface area contributed by atoms with E-state index >= 15 is 0 Å². The SMILES string of the molecule is COc1ccc(S(=O)(=O)Sc2nc(-c3ccc(O)cc3)cc(-c3cc4ccccc4o3)n2)cc1. The monoisotopic (exact) mass is 490 g/mol. The van der Waals surface area contributed by atoms with Crippen molar-refractivity contribution in [1.82, 2.24) is 9.97 Å². The number of hydrogen-bond acceptors (Lipinski definition) is 8. The van der Waals surface area contributed by atoms with Crippen molar-refractivity contribution in [3.05, 3.63) is 84.9 Å². The van der Waals surface area contributed by atoms with Gasteiger partial charge in [-0.2, -0.15) is 0 Å². The molecular weight excluding hydrogens is 472 g/mol. The van der Waals surface area contributed by atoms with Crippen LogP contribution in [0.1, 0.15) is 0 Å². The lowest BCUT2D eigenvalue weighted by molar-refractivity contribution is 0.414. The molecule has 0 spiro atoms. The second-order valence-electron chi connectivity index (χ2n) is 7.33. The number of aromatic hydroxyl groups is 1. The Morgan fingerprint density at radius 2 is 1.59 bits per heavy atom. The van der Waals surface area contributed by atoms with E-state index in [4.69, 9.17) is 9.15 Å². The Morgan fingerprint density at radius 1 is 0.882 bits per heavy atom. The fourth-order valence-electron chi connectivity index (χ4n) is 3.37. The lowest BCUT2D eigenvalue weighted by Gasteiger charge is -2.08. The number of nitrogens with zero attached hydrogens (tertiary/aromatic N) is 2. The van der Waals surface area contributed by atoms with Gasteiger partial charge in [-0.1, -0.05) is 18.2 Å². The van der Waals surface area contributed by atoms with Gasteiger partial charge in [0.05, 0.1) is 28.5 Å². The minimum Gasteiger partial charge on any atom is -0.508 e. The fourth-order valence-corrected chi connectivity index (χ4v) is 5.83. The second kappa shape index (κ2) is 8.85. The van der Waals surface area contributed by atoms with E-state index in [2.05, 4.69) is 9.97 Å². The molecular formula is C25H18N2O5S2. The number of phenolic OH excluding ortho intramolecular Hbond substituents is 1. The van der Waals surface area contributed by atoms with Crippen molar-refractivity contribution in [1.29, 1.82) is 0 Å². The zero-order valence-corrected chi connectivity index (χ0v) is 19.5. The van der Waals surface area contributed by atoms with Crippen LogP contribution in [-0.4, -0.2) is 30.6 Å². The molecule has 0 fully saturated rings. The molecule has 0 aliphatic carbocycles. The van der Waals surface area contributed by atoms with Crippen molar-refractivity contribution in [2.75, 3.05) is 7.11 Å². The minimum atomic E-state index is -3.80. The Kier molecular flexibility index (Phi) is 5.72. The third-order valence-corrected chi connectivity index (χ3v) is 8.16. The fraction of sp³-hybridized carbons (Fsp3) is 0.0400. The topological polar surface area (TPSA) is 103 Å². The Labute approximate surface area is 199 Å². The molecule has 2 aromatic heterocycles. The number of ether oxygens (including phenoxy) is 1. The standard InChI is InChI=1S/C25H18N2O5S2/c1-31-19-10-12-20(13-11-19)34(29,30)33-25-26-21(16-6-8-18(28)9-7-16)15-22(27-25)24-14-17-4-2-3-5-23(17)32-24/h2-15,28H,1H3. The lowest BCUT2D eigenvalue weighted by Crippen LogP contribution is -2.00. The number of aromatic nitrogens is 2. The molecule has 0 aliphatic heterocycles. The summed E-state index contributed by atoms with van der Waals surface area (Å²) >= 11 is 0. The van der Waals surface area contributed by atoms with E-state index in [9.17, 15) is 13.5 Å². The summed E-state index contributed by atoms with van der Waals surface area (Å²) in [6.45, 7) is 0. The third kappa shape index (κ3) is 4.48. The number of hydrogen-bond donors (Lipinski definition) is 1. The normalized spacial score (nSPS) is 11.6. The zero-order valence-electron chi connectivity index (χ0n) is 17.9. The maximum absolute atomic E-state index is 13.1. The van der Waals surface area contributed by atoms with Gasteiger partial charge >= 0.3 is 0 Å². The number of fused-ring (bicyclic) bond motifs is 1. The summed E-state index contributed by atoms with van der Waals surface area (Å²) in [7, 11) is -1.73. The highest BCUT2D eigenvalue weighted by molar-refractivity contribution is 8.72. The summed E-state index contributed by atoms with van der Waals surface area (Å²) in [5.74, 6) is 1.17. The first-order valence-electron chi connectivity index (χ1n) is 10.2. The van der Waals surface area contributed by atoms with Gasteiger partial charge < -0.3 is 14.3 Å². The first kappa shape index (κ1) is 22.0. The van der Waals surface area contributed by atoms with Gasteiger partial charge in [0.1, 0.15) is 22.8 Å². The van der Waals surface area contributed by atoms with Crippen molar-refractivity contribution in [3.63, 3.8) is 0 Å². The molecule has 0 amide bonds. The average Bonchev–Trinajstić information content (AvgIpc) is 3.29. The van der Waals surface area contributed by atoms with Gasteiger partial charge in [-0.25, -0.2) is 18.4 Å². The summed E-state index contributed by atoms with van der Waals surface area (Å²) in [5, 5.41) is 10.6. The largest absolute Gasteiger partial charge is 0.508 e. The van der Waals surface area contributed by atoms with Crippen molar-refractivity contribution >= 4 is 30.6 Å². The molecule has 3 aromatic carbocycles. The highest BCUT2D eigenvalue weighted by Gasteiger charge is 2.21. The quantitative estimate of drug-likeness (QED) is 0.237. The molecule has 9 heteroatoms. The van der Waals surface area contributed by atoms with Crippen molar-refractivity contribution < 1.29 is 22.7 Å². The first-order valence-corrected chi connectivity index (χ1v) is 13.0. The molecule has 0 atom stereocenters. The van der Waals surface area contributed by atoms with E-state index in [1.54, 1.807) is 42.5 Å². The summed E-state index contributed by atoms with van der Waals surface area (Å²) in [4.78, 5) is 9.09. The molecule has 2 heterocycles. The molecule has 1 N–H and O–H groups in total. The minimum absolute atomic E-state index is 0.0526. The highest BCUT2D eigenvalue weighted by Crippen LogP contribution is 2.34. The summed E-state index contributed by atoms with van der Waals surface area (Å²) in [6, 6.07) is 23.7. The molecule has 0 radical (unpaired) electrons. The smallest absolute Gasteiger partial charge is 0.237 e. The number of para-hydroxylation sites is 1. The summed E-state index contributed by atoms with van der Waals surface area (Å²) in [5.41, 5.74) is 2.34. The van der Waals surface area contributed by atoms with Crippen LogP contribution in [0, 0.1) is 0 Å². The number of rotatable bonds is 6. The molecule has 170 valence electrons. The Hall–Kier alpha value is -3.82. The highest BCUT2D eigenvalue weighted by atomic mass is 33.1. The van der Waals surface area contributed by atoms with Gasteiger partial charge in [0.15, 0.2) is 5.76 Å². The maximum atomic E-state index is 13.1.